The Bertz CT molecular complexity index is 398. The van der Waals surface area contributed by atoms with Crippen molar-refractivity contribution in [3.8, 4) is 0 Å². The first-order chi connectivity index (χ1) is 15.2. The lowest BCUT2D eigenvalue weighted by atomic mass is 10.0. The van der Waals surface area contributed by atoms with Crippen LogP contribution in [0.4, 0.5) is 0 Å². The predicted octanol–water partition coefficient (Wildman–Crippen LogP) is 6.86. The van der Waals surface area contributed by atoms with E-state index in [0.29, 0.717) is 26.1 Å². The average molecular weight is 476 g/mol. The zero-order valence-electron chi connectivity index (χ0n) is 21.1. The maximum absolute atomic E-state index is 12.0. The third kappa shape index (κ3) is 25.8. The summed E-state index contributed by atoms with van der Waals surface area (Å²) in [7, 11) is 0. The molecule has 0 aliphatic rings. The van der Waals surface area contributed by atoms with Gasteiger partial charge in [-0.2, -0.15) is 0 Å². The van der Waals surface area contributed by atoms with Crippen molar-refractivity contribution < 1.29 is 15.0 Å². The predicted molar refractivity (Wildman–Crippen MR) is 141 cm³/mol. The molecule has 32 heavy (non-hydrogen) atoms. The minimum absolute atomic E-state index is 0. The number of unbranched alkanes of at least 4 members (excludes halogenated alkanes) is 15. The van der Waals surface area contributed by atoms with E-state index in [2.05, 4.69) is 19.1 Å². The Morgan fingerprint density at radius 2 is 1.06 bits per heavy atom. The van der Waals surface area contributed by atoms with Crippen LogP contribution in [0.1, 0.15) is 122 Å². The summed E-state index contributed by atoms with van der Waals surface area (Å²) < 4.78 is 0. The first-order valence-electron chi connectivity index (χ1n) is 13.3. The van der Waals surface area contributed by atoms with E-state index in [4.69, 9.17) is 10.2 Å². The Hall–Kier alpha value is -0.420. The number of halogens is 1. The van der Waals surface area contributed by atoms with Gasteiger partial charge in [0.1, 0.15) is 5.78 Å². The molecule has 0 bridgehead atoms. The molecule has 0 amide bonds. The summed E-state index contributed by atoms with van der Waals surface area (Å²) in [6.45, 7) is 3.61. The molecule has 0 aliphatic carbocycles. The number of rotatable bonds is 25. The molecule has 0 aromatic rings. The van der Waals surface area contributed by atoms with Gasteiger partial charge in [0.25, 0.3) is 0 Å². The monoisotopic (exact) mass is 475 g/mol. The second kappa shape index (κ2) is 28.6. The first kappa shape index (κ1) is 33.8. The summed E-state index contributed by atoms with van der Waals surface area (Å²) in [6.07, 6.45) is 27.6. The summed E-state index contributed by atoms with van der Waals surface area (Å²) >= 11 is 0. The van der Waals surface area contributed by atoms with Gasteiger partial charge in [-0.05, 0) is 32.1 Å². The van der Waals surface area contributed by atoms with Gasteiger partial charge >= 0.3 is 0 Å². The molecule has 0 fully saturated rings. The summed E-state index contributed by atoms with van der Waals surface area (Å²) in [5.41, 5.74) is 0. The number of aliphatic hydroxyl groups excluding tert-OH is 2. The fraction of sp³-hybridized carbons (Fsp3) is 0.889. The van der Waals surface area contributed by atoms with Crippen LogP contribution in [0.15, 0.2) is 12.2 Å². The van der Waals surface area contributed by atoms with Crippen molar-refractivity contribution in [1.82, 2.24) is 4.90 Å². The van der Waals surface area contributed by atoms with Gasteiger partial charge in [-0.1, -0.05) is 96.1 Å². The molecule has 192 valence electrons. The fourth-order valence-electron chi connectivity index (χ4n) is 3.98. The van der Waals surface area contributed by atoms with Crippen LogP contribution in [0.25, 0.3) is 0 Å². The van der Waals surface area contributed by atoms with E-state index >= 15 is 0 Å². The van der Waals surface area contributed by atoms with Crippen LogP contribution in [0, 0.1) is 0 Å². The number of carbonyl (C=O) groups is 1. The smallest absolute Gasteiger partial charge is 0.146 e. The molecule has 0 unspecified atom stereocenters. The maximum atomic E-state index is 12.0. The molecule has 0 saturated heterocycles. The van der Waals surface area contributed by atoms with Gasteiger partial charge < -0.3 is 10.2 Å². The summed E-state index contributed by atoms with van der Waals surface area (Å²) in [5.74, 6) is 0.225. The number of carbonyl (C=O) groups excluding carboxylic acids is 1. The molecular weight excluding hydrogens is 422 g/mol. The Morgan fingerprint density at radius 3 is 1.50 bits per heavy atom. The van der Waals surface area contributed by atoms with Crippen LogP contribution in [0.5, 0.6) is 0 Å². The quantitative estimate of drug-likeness (QED) is 0.112. The largest absolute Gasteiger partial charge is 0.395 e. The summed E-state index contributed by atoms with van der Waals surface area (Å²) in [4.78, 5) is 13.8. The Labute approximate surface area is 205 Å². The normalized spacial score (nSPS) is 11.4. The zero-order valence-corrected chi connectivity index (χ0v) is 21.9. The van der Waals surface area contributed by atoms with Gasteiger partial charge in [-0.15, -0.1) is 12.4 Å². The molecule has 0 aromatic heterocycles. The van der Waals surface area contributed by atoms with Crippen molar-refractivity contribution in [1.29, 1.82) is 0 Å². The number of aliphatic hydroxyl groups is 2. The van der Waals surface area contributed by atoms with Crippen molar-refractivity contribution in [3.63, 3.8) is 0 Å². The highest BCUT2D eigenvalue weighted by atomic mass is 35.5. The molecule has 0 saturated carbocycles. The molecule has 0 spiro atoms. The topological polar surface area (TPSA) is 60.8 Å². The highest BCUT2D eigenvalue weighted by Crippen LogP contribution is 2.12. The van der Waals surface area contributed by atoms with E-state index in [9.17, 15) is 4.79 Å². The maximum Gasteiger partial charge on any atom is 0.146 e. The van der Waals surface area contributed by atoms with E-state index in [-0.39, 0.29) is 31.4 Å². The van der Waals surface area contributed by atoms with Crippen molar-refractivity contribution >= 4 is 18.2 Å². The molecule has 0 radical (unpaired) electrons. The molecule has 0 rings (SSSR count). The van der Waals surface area contributed by atoms with Crippen LogP contribution in [0.2, 0.25) is 0 Å². The van der Waals surface area contributed by atoms with Gasteiger partial charge in [0.2, 0.25) is 0 Å². The minimum atomic E-state index is 0. The highest BCUT2D eigenvalue weighted by Gasteiger charge is 2.09. The van der Waals surface area contributed by atoms with Crippen molar-refractivity contribution in [2.24, 2.45) is 0 Å². The molecule has 4 nitrogen and oxygen atoms in total. The van der Waals surface area contributed by atoms with Gasteiger partial charge in [0.05, 0.1) is 19.8 Å². The third-order valence-corrected chi connectivity index (χ3v) is 5.95. The van der Waals surface area contributed by atoms with Crippen LogP contribution in [-0.4, -0.2) is 53.7 Å². The zero-order chi connectivity index (χ0) is 22.8. The molecule has 2 N–H and O–H groups in total. The average Bonchev–Trinajstić information content (AvgIpc) is 2.75. The Morgan fingerprint density at radius 1 is 0.656 bits per heavy atom. The van der Waals surface area contributed by atoms with Gasteiger partial charge in [0.15, 0.2) is 0 Å². The summed E-state index contributed by atoms with van der Waals surface area (Å²) in [6, 6.07) is 0. The van der Waals surface area contributed by atoms with Crippen molar-refractivity contribution in [3.05, 3.63) is 12.2 Å². The van der Waals surface area contributed by atoms with Gasteiger partial charge in [0, 0.05) is 19.5 Å². The number of allylic oxidation sites excluding steroid dienone is 2. The lowest BCUT2D eigenvalue weighted by Gasteiger charge is -2.18. The third-order valence-electron chi connectivity index (χ3n) is 5.95. The van der Waals surface area contributed by atoms with Gasteiger partial charge in [-0.3, -0.25) is 9.69 Å². The lowest BCUT2D eigenvalue weighted by Crippen LogP contribution is -2.34. The van der Waals surface area contributed by atoms with Crippen LogP contribution >= 0.6 is 12.4 Å². The highest BCUT2D eigenvalue weighted by molar-refractivity contribution is 5.85. The molecule has 0 aromatic carbocycles. The first-order valence-corrected chi connectivity index (χ1v) is 13.3. The van der Waals surface area contributed by atoms with Gasteiger partial charge in [-0.25, -0.2) is 0 Å². The number of nitrogens with zero attached hydrogens (tertiary/aromatic N) is 1. The van der Waals surface area contributed by atoms with E-state index in [0.717, 1.165) is 12.8 Å². The standard InChI is InChI=1S/C27H53NO3.ClH/c1-2-3-4-5-6-7-8-9-10-11-12-13-14-15-16-17-18-19-20-21-27(31)26-28(22-24-29)23-25-30;/h9-10,29-30H,2-8,11-26H2,1H3;1H. The summed E-state index contributed by atoms with van der Waals surface area (Å²) in [5, 5.41) is 18.0. The number of hydrogen-bond acceptors (Lipinski definition) is 4. The second-order valence-electron chi connectivity index (χ2n) is 9.01. The van der Waals surface area contributed by atoms with E-state index < -0.39 is 0 Å². The molecule has 0 aliphatic heterocycles. The molecule has 5 heteroatoms. The molecule has 0 heterocycles. The Kier molecular flexibility index (Phi) is 30.2. The minimum Gasteiger partial charge on any atom is -0.395 e. The van der Waals surface area contributed by atoms with Crippen molar-refractivity contribution in [2.45, 2.75) is 122 Å². The number of Topliss-reactive ketones (excluding diaryl/α,β-unsaturated/α-hetero) is 1. The second-order valence-corrected chi connectivity index (χ2v) is 9.01. The number of hydrogen-bond donors (Lipinski definition) is 2. The van der Waals surface area contributed by atoms with Crippen LogP contribution in [0.3, 0.4) is 0 Å². The van der Waals surface area contributed by atoms with Crippen molar-refractivity contribution in [2.75, 3.05) is 32.8 Å². The van der Waals surface area contributed by atoms with E-state index in [1.807, 2.05) is 4.90 Å². The molecular formula is C27H54ClNO3. The van der Waals surface area contributed by atoms with E-state index in [1.165, 1.54) is 96.3 Å². The van der Waals surface area contributed by atoms with E-state index in [1.54, 1.807) is 0 Å². The van der Waals surface area contributed by atoms with Crippen LogP contribution in [-0.2, 0) is 4.79 Å². The SMILES string of the molecule is CCCCCCCCC=CCCCCCCCCCCCC(=O)CN(CCO)CCO.Cl. The number of ketones is 1. The lowest BCUT2D eigenvalue weighted by molar-refractivity contribution is -0.120. The molecule has 0 atom stereocenters. The fourth-order valence-corrected chi connectivity index (χ4v) is 3.98. The Balaban J connectivity index is 0. The van der Waals surface area contributed by atoms with Crippen LogP contribution < -0.4 is 0 Å².